The number of aryl methyl sites for hydroxylation is 1. The Balaban J connectivity index is 2.08. The number of nitrogens with zero attached hydrogens (tertiary/aromatic N) is 1. The van der Waals surface area contributed by atoms with E-state index in [4.69, 9.17) is 0 Å². The second-order valence-electron chi connectivity index (χ2n) is 6.58. The number of benzene rings is 1. The molecule has 2 rings (SSSR count). The lowest BCUT2D eigenvalue weighted by atomic mass is 10.0. The fourth-order valence-corrected chi connectivity index (χ4v) is 4.23. The van der Waals surface area contributed by atoms with Gasteiger partial charge in [0.1, 0.15) is 0 Å². The van der Waals surface area contributed by atoms with Gasteiger partial charge in [0.2, 0.25) is 10.0 Å². The van der Waals surface area contributed by atoms with Gasteiger partial charge in [-0.25, -0.2) is 8.42 Å². The van der Waals surface area contributed by atoms with Crippen LogP contribution in [0.15, 0.2) is 29.2 Å². The van der Waals surface area contributed by atoms with Crippen LogP contribution in [0.5, 0.6) is 0 Å². The number of hydrogen-bond acceptors (Lipinski definition) is 3. The molecule has 124 valence electrons. The quantitative estimate of drug-likeness (QED) is 0.875. The average molecular weight is 324 g/mol. The van der Waals surface area contributed by atoms with Gasteiger partial charge in [0.25, 0.3) is 0 Å². The van der Waals surface area contributed by atoms with Gasteiger partial charge >= 0.3 is 0 Å². The highest BCUT2D eigenvalue weighted by molar-refractivity contribution is 7.89. The van der Waals surface area contributed by atoms with Gasteiger partial charge in [0, 0.05) is 13.1 Å². The van der Waals surface area contributed by atoms with Crippen molar-refractivity contribution in [2.24, 2.45) is 5.92 Å². The third-order valence-corrected chi connectivity index (χ3v) is 6.36. The van der Waals surface area contributed by atoms with Crippen molar-refractivity contribution < 1.29 is 8.42 Å². The van der Waals surface area contributed by atoms with Crippen LogP contribution in [-0.4, -0.2) is 38.9 Å². The highest BCUT2D eigenvalue weighted by Crippen LogP contribution is 2.21. The normalized spacial score (nSPS) is 17.3. The summed E-state index contributed by atoms with van der Waals surface area (Å²) in [5.74, 6) is 0.662. The van der Waals surface area contributed by atoms with Crippen molar-refractivity contribution >= 4 is 10.0 Å². The predicted molar refractivity (Wildman–Crippen MR) is 90.4 cm³/mol. The van der Waals surface area contributed by atoms with Crippen LogP contribution in [0.4, 0.5) is 0 Å². The molecule has 0 saturated carbocycles. The summed E-state index contributed by atoms with van der Waals surface area (Å²) < 4.78 is 27.0. The van der Waals surface area contributed by atoms with E-state index in [1.807, 2.05) is 12.1 Å². The van der Waals surface area contributed by atoms with Crippen molar-refractivity contribution in [3.05, 3.63) is 29.8 Å². The molecule has 1 N–H and O–H groups in total. The lowest BCUT2D eigenvalue weighted by Crippen LogP contribution is -2.43. The van der Waals surface area contributed by atoms with Gasteiger partial charge < -0.3 is 5.32 Å². The summed E-state index contributed by atoms with van der Waals surface area (Å²) in [6.45, 7) is 6.18. The molecule has 22 heavy (non-hydrogen) atoms. The SMILES string of the molecule is CC(C)CCc1ccc(S(=O)(=O)N(C)C2CCNCC2)cc1. The second kappa shape index (κ2) is 7.57. The maximum Gasteiger partial charge on any atom is 0.243 e. The van der Waals surface area contributed by atoms with Crippen molar-refractivity contribution in [3.63, 3.8) is 0 Å². The fourth-order valence-electron chi connectivity index (χ4n) is 2.82. The minimum atomic E-state index is -3.38. The molecule has 1 fully saturated rings. The van der Waals surface area contributed by atoms with Gasteiger partial charge in [-0.2, -0.15) is 4.31 Å². The highest BCUT2D eigenvalue weighted by Gasteiger charge is 2.28. The summed E-state index contributed by atoms with van der Waals surface area (Å²) in [6.07, 6.45) is 3.88. The molecular formula is C17H28N2O2S. The first kappa shape index (κ1) is 17.4. The number of hydrogen-bond donors (Lipinski definition) is 1. The van der Waals surface area contributed by atoms with Crippen molar-refractivity contribution in [2.45, 2.75) is 50.5 Å². The summed E-state index contributed by atoms with van der Waals surface area (Å²) >= 11 is 0. The Bertz CT molecular complexity index is 561. The smallest absolute Gasteiger partial charge is 0.243 e. The molecule has 1 heterocycles. The molecule has 0 spiro atoms. The minimum absolute atomic E-state index is 0.104. The van der Waals surface area contributed by atoms with E-state index in [-0.39, 0.29) is 6.04 Å². The van der Waals surface area contributed by atoms with E-state index in [0.717, 1.165) is 38.8 Å². The minimum Gasteiger partial charge on any atom is -0.317 e. The van der Waals surface area contributed by atoms with Crippen LogP contribution in [0, 0.1) is 5.92 Å². The summed E-state index contributed by atoms with van der Waals surface area (Å²) in [5.41, 5.74) is 1.21. The van der Waals surface area contributed by atoms with E-state index in [9.17, 15) is 8.42 Å². The van der Waals surface area contributed by atoms with E-state index < -0.39 is 10.0 Å². The van der Waals surface area contributed by atoms with Crippen LogP contribution in [0.2, 0.25) is 0 Å². The first-order chi connectivity index (χ1) is 10.4. The van der Waals surface area contributed by atoms with Gasteiger partial charge in [-0.05, 0) is 62.4 Å². The molecule has 1 aliphatic rings. The number of rotatable bonds is 6. The van der Waals surface area contributed by atoms with Gasteiger partial charge in [0.05, 0.1) is 4.90 Å². The van der Waals surface area contributed by atoms with Crippen LogP contribution in [-0.2, 0) is 16.4 Å². The molecule has 0 aliphatic carbocycles. The summed E-state index contributed by atoms with van der Waals surface area (Å²) in [5, 5.41) is 3.27. The maximum atomic E-state index is 12.7. The Morgan fingerprint density at radius 1 is 1.18 bits per heavy atom. The fraction of sp³-hybridized carbons (Fsp3) is 0.647. The van der Waals surface area contributed by atoms with Crippen molar-refractivity contribution in [1.82, 2.24) is 9.62 Å². The third-order valence-electron chi connectivity index (χ3n) is 4.43. The number of piperidine rings is 1. The average Bonchev–Trinajstić information content (AvgIpc) is 2.53. The van der Waals surface area contributed by atoms with E-state index >= 15 is 0 Å². The maximum absolute atomic E-state index is 12.7. The molecule has 0 aromatic heterocycles. The topological polar surface area (TPSA) is 49.4 Å². The Morgan fingerprint density at radius 2 is 1.77 bits per heavy atom. The van der Waals surface area contributed by atoms with Gasteiger partial charge in [-0.3, -0.25) is 0 Å². The van der Waals surface area contributed by atoms with Crippen LogP contribution in [0.1, 0.15) is 38.7 Å². The molecular weight excluding hydrogens is 296 g/mol. The Hall–Kier alpha value is -0.910. The van der Waals surface area contributed by atoms with Crippen LogP contribution >= 0.6 is 0 Å². The Kier molecular flexibility index (Phi) is 6.01. The molecule has 1 saturated heterocycles. The first-order valence-corrected chi connectivity index (χ1v) is 9.63. The van der Waals surface area contributed by atoms with Crippen molar-refractivity contribution in [2.75, 3.05) is 20.1 Å². The van der Waals surface area contributed by atoms with Crippen molar-refractivity contribution in [3.8, 4) is 0 Å². The van der Waals surface area contributed by atoms with E-state index in [1.54, 1.807) is 23.5 Å². The molecule has 4 nitrogen and oxygen atoms in total. The van der Waals surface area contributed by atoms with Crippen LogP contribution < -0.4 is 5.32 Å². The van der Waals surface area contributed by atoms with Crippen LogP contribution in [0.3, 0.4) is 0 Å². The van der Waals surface area contributed by atoms with Gasteiger partial charge in [-0.15, -0.1) is 0 Å². The zero-order valence-corrected chi connectivity index (χ0v) is 14.7. The van der Waals surface area contributed by atoms with E-state index in [2.05, 4.69) is 19.2 Å². The standard InChI is InChI=1S/C17H28N2O2S/c1-14(2)4-5-15-6-8-17(9-7-15)22(20,21)19(3)16-10-12-18-13-11-16/h6-9,14,16,18H,4-5,10-13H2,1-3H3. The lowest BCUT2D eigenvalue weighted by Gasteiger charge is -2.30. The van der Waals surface area contributed by atoms with Crippen molar-refractivity contribution in [1.29, 1.82) is 0 Å². The zero-order chi connectivity index (χ0) is 16.2. The molecule has 0 atom stereocenters. The highest BCUT2D eigenvalue weighted by atomic mass is 32.2. The number of nitrogens with one attached hydrogen (secondary N) is 1. The van der Waals surface area contributed by atoms with Crippen LogP contribution in [0.25, 0.3) is 0 Å². The largest absolute Gasteiger partial charge is 0.317 e. The van der Waals surface area contributed by atoms with E-state index in [0.29, 0.717) is 10.8 Å². The zero-order valence-electron chi connectivity index (χ0n) is 13.9. The summed E-state index contributed by atoms with van der Waals surface area (Å²) in [6, 6.07) is 7.51. The van der Waals surface area contributed by atoms with Gasteiger partial charge in [0.15, 0.2) is 0 Å². The predicted octanol–water partition coefficient (Wildman–Crippen LogP) is 2.65. The molecule has 5 heteroatoms. The monoisotopic (exact) mass is 324 g/mol. The lowest BCUT2D eigenvalue weighted by molar-refractivity contribution is 0.296. The Labute approximate surface area is 135 Å². The third kappa shape index (κ3) is 4.31. The molecule has 0 bridgehead atoms. The molecule has 0 radical (unpaired) electrons. The van der Waals surface area contributed by atoms with Gasteiger partial charge in [-0.1, -0.05) is 26.0 Å². The molecule has 1 aromatic carbocycles. The summed E-state index contributed by atoms with van der Waals surface area (Å²) in [7, 11) is -1.67. The molecule has 1 aromatic rings. The molecule has 1 aliphatic heterocycles. The molecule has 0 unspecified atom stereocenters. The molecule has 0 amide bonds. The summed E-state index contributed by atoms with van der Waals surface area (Å²) in [4.78, 5) is 0.404. The number of sulfonamides is 1. The first-order valence-electron chi connectivity index (χ1n) is 8.19. The van der Waals surface area contributed by atoms with E-state index in [1.165, 1.54) is 5.56 Å². The second-order valence-corrected chi connectivity index (χ2v) is 8.58. The Morgan fingerprint density at radius 3 is 2.32 bits per heavy atom.